The van der Waals surface area contributed by atoms with E-state index in [4.69, 9.17) is 2.74 Å². The number of benzene rings is 1. The van der Waals surface area contributed by atoms with Crippen molar-refractivity contribution in [1.82, 2.24) is 0 Å². The van der Waals surface area contributed by atoms with Gasteiger partial charge in [0.2, 0.25) is 0 Å². The summed E-state index contributed by atoms with van der Waals surface area (Å²) in [6.45, 7) is 1.88. The van der Waals surface area contributed by atoms with E-state index < -0.39 is 12.0 Å². The van der Waals surface area contributed by atoms with Gasteiger partial charge in [0.1, 0.15) is 0 Å². The van der Waals surface area contributed by atoms with Crippen LogP contribution in [-0.4, -0.2) is 12.6 Å². The Morgan fingerprint density at radius 3 is 2.85 bits per heavy atom. The Hall–Kier alpha value is -1.57. The third-order valence-corrected chi connectivity index (χ3v) is 1.36. The van der Waals surface area contributed by atoms with Gasteiger partial charge in [0, 0.05) is 6.05 Å². The van der Waals surface area contributed by atoms with Crippen LogP contribution in [0.25, 0.3) is 6.05 Å². The maximum absolute atomic E-state index is 11.2. The van der Waals surface area contributed by atoms with Gasteiger partial charge in [-0.3, -0.25) is 0 Å². The molecule has 0 aliphatic carbocycles. The van der Waals surface area contributed by atoms with Gasteiger partial charge in [-0.15, -0.1) is 0 Å². The van der Waals surface area contributed by atoms with E-state index in [2.05, 4.69) is 4.74 Å². The fourth-order valence-corrected chi connectivity index (χ4v) is 0.812. The minimum atomic E-state index is -0.758. The standard InChI is InChI=1S/C11H12O2/c1-2-13-11(12)9-8-10-6-4-3-5-7-10/h3-9H,2H2,1H3/b9-8-/i8D,9D. The van der Waals surface area contributed by atoms with Gasteiger partial charge in [-0.2, -0.15) is 0 Å². The third-order valence-electron chi connectivity index (χ3n) is 1.36. The van der Waals surface area contributed by atoms with Crippen LogP contribution in [0.15, 0.2) is 36.4 Å². The molecule has 0 atom stereocenters. The summed E-state index contributed by atoms with van der Waals surface area (Å²) in [5.41, 5.74) is 0.538. The Labute approximate surface area is 80.7 Å². The van der Waals surface area contributed by atoms with Crippen LogP contribution in [0.1, 0.15) is 15.2 Å². The molecule has 68 valence electrons. The molecule has 0 fully saturated rings. The SMILES string of the molecule is [2H]/C(C(=O)OCC)=C(\[2H])c1ccccc1. The van der Waals surface area contributed by atoms with Crippen LogP contribution in [0, 0.1) is 0 Å². The molecule has 0 heterocycles. The summed E-state index contributed by atoms with van der Waals surface area (Å²) in [6.07, 6.45) is 0. The van der Waals surface area contributed by atoms with E-state index in [-0.39, 0.29) is 12.7 Å². The van der Waals surface area contributed by atoms with E-state index in [0.29, 0.717) is 5.56 Å². The lowest BCUT2D eigenvalue weighted by Crippen LogP contribution is -1.98. The largest absolute Gasteiger partial charge is 0.463 e. The summed E-state index contributed by atoms with van der Waals surface area (Å²) in [4.78, 5) is 11.2. The van der Waals surface area contributed by atoms with Crippen LogP contribution in [0.5, 0.6) is 0 Å². The second-order valence-corrected chi connectivity index (χ2v) is 2.34. The first-order chi connectivity index (χ1) is 7.16. The van der Waals surface area contributed by atoms with Gasteiger partial charge in [0.05, 0.1) is 9.35 Å². The van der Waals surface area contributed by atoms with Crippen LogP contribution in [0.3, 0.4) is 0 Å². The molecule has 1 aromatic rings. The molecule has 0 N–H and O–H groups in total. The van der Waals surface area contributed by atoms with Crippen molar-refractivity contribution in [2.24, 2.45) is 0 Å². The molecule has 1 rings (SSSR count). The Morgan fingerprint density at radius 2 is 2.23 bits per heavy atom. The van der Waals surface area contributed by atoms with Gasteiger partial charge >= 0.3 is 5.97 Å². The highest BCUT2D eigenvalue weighted by molar-refractivity contribution is 5.86. The second kappa shape index (κ2) is 5.14. The van der Waals surface area contributed by atoms with Gasteiger partial charge in [0.15, 0.2) is 0 Å². The quantitative estimate of drug-likeness (QED) is 0.524. The number of hydrogen-bond acceptors (Lipinski definition) is 2. The van der Waals surface area contributed by atoms with Crippen LogP contribution in [-0.2, 0) is 9.53 Å². The lowest BCUT2D eigenvalue weighted by atomic mass is 10.2. The summed E-state index contributed by atoms with van der Waals surface area (Å²) in [5, 5.41) is 0. The summed E-state index contributed by atoms with van der Waals surface area (Å²) >= 11 is 0. The fourth-order valence-electron chi connectivity index (χ4n) is 0.812. The van der Waals surface area contributed by atoms with Crippen LogP contribution in [0.4, 0.5) is 0 Å². The molecule has 0 saturated heterocycles. The van der Waals surface area contributed by atoms with Crippen LogP contribution < -0.4 is 0 Å². The molecule has 13 heavy (non-hydrogen) atoms. The summed E-state index contributed by atoms with van der Waals surface area (Å²) in [6, 6.07) is 8.14. The lowest BCUT2D eigenvalue weighted by molar-refractivity contribution is -0.137. The predicted molar refractivity (Wildman–Crippen MR) is 52.1 cm³/mol. The number of esters is 1. The first kappa shape index (κ1) is 6.89. The van der Waals surface area contributed by atoms with Crippen molar-refractivity contribution in [2.45, 2.75) is 6.92 Å². The normalized spacial score (nSPS) is 13.9. The molecule has 0 unspecified atom stereocenters. The smallest absolute Gasteiger partial charge is 0.330 e. The zero-order chi connectivity index (χ0) is 11.3. The van der Waals surface area contributed by atoms with Gasteiger partial charge in [-0.1, -0.05) is 30.3 Å². The molecular weight excluding hydrogens is 164 g/mol. The Kier molecular flexibility index (Phi) is 2.73. The number of rotatable bonds is 3. The molecule has 1 aromatic carbocycles. The number of carbonyl (C=O) groups excluding carboxylic acids is 1. The van der Waals surface area contributed by atoms with Gasteiger partial charge in [-0.25, -0.2) is 4.79 Å². The summed E-state index contributed by atoms with van der Waals surface area (Å²) < 4.78 is 19.7. The van der Waals surface area contributed by atoms with E-state index >= 15 is 0 Å². The second-order valence-electron chi connectivity index (χ2n) is 2.34. The molecule has 0 aromatic heterocycles. The van der Waals surface area contributed by atoms with Gasteiger partial charge in [0.25, 0.3) is 0 Å². The Morgan fingerprint density at radius 1 is 1.54 bits per heavy atom. The monoisotopic (exact) mass is 178 g/mol. The zero-order valence-electron chi connectivity index (χ0n) is 9.41. The molecule has 0 amide bonds. The number of carbonyl (C=O) groups is 1. The van der Waals surface area contributed by atoms with Crippen molar-refractivity contribution in [2.75, 3.05) is 6.61 Å². The van der Waals surface area contributed by atoms with Crippen molar-refractivity contribution in [3.63, 3.8) is 0 Å². The zero-order valence-corrected chi connectivity index (χ0v) is 7.41. The minimum absolute atomic E-state index is 0.117. The Balaban J connectivity index is 2.95. The maximum atomic E-state index is 11.2. The highest BCUT2D eigenvalue weighted by Crippen LogP contribution is 2.00. The number of ether oxygens (including phenoxy) is 1. The predicted octanol–water partition coefficient (Wildman–Crippen LogP) is 2.26. The maximum Gasteiger partial charge on any atom is 0.330 e. The molecule has 0 aliphatic rings. The van der Waals surface area contributed by atoms with Crippen molar-refractivity contribution in [1.29, 1.82) is 0 Å². The molecule has 2 heteroatoms. The van der Waals surface area contributed by atoms with Crippen LogP contribution >= 0.6 is 0 Å². The fraction of sp³-hybridized carbons (Fsp3) is 0.182. The van der Waals surface area contributed by atoms with Crippen LogP contribution in [0.2, 0.25) is 0 Å². The molecule has 0 aliphatic heterocycles. The van der Waals surface area contributed by atoms with Gasteiger partial charge < -0.3 is 4.74 Å². The highest BCUT2D eigenvalue weighted by atomic mass is 16.5. The molecular formula is C11H12O2. The molecule has 0 spiro atoms. The van der Waals surface area contributed by atoms with Crippen molar-refractivity contribution in [3.05, 3.63) is 41.9 Å². The van der Waals surface area contributed by atoms with E-state index in [1.165, 1.54) is 0 Å². The summed E-state index contributed by atoms with van der Waals surface area (Å²) in [7, 11) is 0. The average molecular weight is 178 g/mol. The lowest BCUT2D eigenvalue weighted by Gasteiger charge is -1.94. The molecule has 0 radical (unpaired) electrons. The van der Waals surface area contributed by atoms with E-state index in [1.807, 2.05) is 6.07 Å². The first-order valence-electron chi connectivity index (χ1n) is 5.06. The molecule has 0 saturated carbocycles. The Bertz CT molecular complexity index is 371. The average Bonchev–Trinajstić information content (AvgIpc) is 2.28. The number of hydrogen-bond donors (Lipinski definition) is 0. The molecule has 0 bridgehead atoms. The summed E-state index contributed by atoms with van der Waals surface area (Å²) in [5.74, 6) is -0.758. The topological polar surface area (TPSA) is 26.3 Å². The van der Waals surface area contributed by atoms with Gasteiger partial charge in [-0.05, 0) is 18.5 Å². The molecule has 2 nitrogen and oxygen atoms in total. The third kappa shape index (κ3) is 3.56. The van der Waals surface area contributed by atoms with E-state index in [0.717, 1.165) is 0 Å². The van der Waals surface area contributed by atoms with Crippen molar-refractivity contribution < 1.29 is 12.3 Å². The first-order valence-corrected chi connectivity index (χ1v) is 4.06. The van der Waals surface area contributed by atoms with E-state index in [9.17, 15) is 4.79 Å². The van der Waals surface area contributed by atoms with Crippen molar-refractivity contribution >= 4 is 12.0 Å². The minimum Gasteiger partial charge on any atom is -0.463 e. The highest BCUT2D eigenvalue weighted by Gasteiger charge is 1.92. The van der Waals surface area contributed by atoms with Crippen molar-refractivity contribution in [3.8, 4) is 0 Å². The van der Waals surface area contributed by atoms with E-state index in [1.54, 1.807) is 31.2 Å².